The molecule has 2 N–H and O–H groups in total. The van der Waals surface area contributed by atoms with E-state index in [1.54, 1.807) is 11.8 Å². The Labute approximate surface area is 113 Å². The Bertz CT molecular complexity index is 386. The molecule has 2 atom stereocenters. The Morgan fingerprint density at radius 2 is 2.21 bits per heavy atom. The number of urea groups is 1. The minimum Gasteiger partial charge on any atom is -0.481 e. The molecule has 6 nitrogen and oxygen atoms in total. The number of rotatable bonds is 5. The van der Waals surface area contributed by atoms with Gasteiger partial charge in [-0.15, -0.1) is 5.92 Å². The minimum atomic E-state index is -0.926. The number of hydrogen-bond donors (Lipinski definition) is 2. The number of carboxylic acid groups (broad SMARTS) is 1. The first-order valence-electron chi connectivity index (χ1n) is 6.36. The van der Waals surface area contributed by atoms with E-state index in [-0.39, 0.29) is 25.8 Å². The topological polar surface area (TPSA) is 78.9 Å². The van der Waals surface area contributed by atoms with E-state index in [9.17, 15) is 9.59 Å². The van der Waals surface area contributed by atoms with Gasteiger partial charge in [-0.2, -0.15) is 0 Å². The second-order valence-electron chi connectivity index (χ2n) is 4.33. The summed E-state index contributed by atoms with van der Waals surface area (Å²) in [4.78, 5) is 24.7. The van der Waals surface area contributed by atoms with Crippen LogP contribution in [0.5, 0.6) is 0 Å². The van der Waals surface area contributed by atoms with Crippen LogP contribution in [0.15, 0.2) is 0 Å². The van der Waals surface area contributed by atoms with Crippen molar-refractivity contribution in [2.75, 3.05) is 26.3 Å². The van der Waals surface area contributed by atoms with Gasteiger partial charge in [0.25, 0.3) is 0 Å². The summed E-state index contributed by atoms with van der Waals surface area (Å²) >= 11 is 0. The van der Waals surface area contributed by atoms with Gasteiger partial charge in [0, 0.05) is 6.54 Å². The number of ether oxygens (including phenoxy) is 1. The zero-order valence-corrected chi connectivity index (χ0v) is 11.3. The average Bonchev–Trinajstić information content (AvgIpc) is 2.85. The highest BCUT2D eigenvalue weighted by atomic mass is 16.5. The largest absolute Gasteiger partial charge is 0.481 e. The molecule has 2 amide bonds. The maximum absolute atomic E-state index is 12.1. The molecule has 1 saturated heterocycles. The van der Waals surface area contributed by atoms with Crippen molar-refractivity contribution in [2.24, 2.45) is 5.92 Å². The van der Waals surface area contributed by atoms with Gasteiger partial charge in [-0.1, -0.05) is 12.8 Å². The number of aliphatic carboxylic acids is 1. The number of carbonyl (C=O) groups excluding carboxylic acids is 1. The van der Waals surface area contributed by atoms with Crippen LogP contribution in [-0.2, 0) is 9.53 Å². The summed E-state index contributed by atoms with van der Waals surface area (Å²) in [6.07, 6.45) is 0.760. The predicted octanol–water partition coefficient (Wildman–Crippen LogP) is 0.531. The molecule has 2 unspecified atom stereocenters. The molecule has 1 heterocycles. The summed E-state index contributed by atoms with van der Waals surface area (Å²) in [7, 11) is 0. The monoisotopic (exact) mass is 268 g/mol. The molecule has 0 aromatic heterocycles. The molecule has 1 aliphatic rings. The molecule has 0 aliphatic carbocycles. The third-order valence-corrected chi connectivity index (χ3v) is 3.00. The van der Waals surface area contributed by atoms with E-state index < -0.39 is 17.9 Å². The molecule has 1 aliphatic heterocycles. The first-order chi connectivity index (χ1) is 9.11. The lowest BCUT2D eigenvalue weighted by Gasteiger charge is -2.30. The maximum atomic E-state index is 12.1. The van der Waals surface area contributed by atoms with Crippen molar-refractivity contribution in [1.82, 2.24) is 10.2 Å². The van der Waals surface area contributed by atoms with Gasteiger partial charge < -0.3 is 20.1 Å². The molecule has 19 heavy (non-hydrogen) atoms. The van der Waals surface area contributed by atoms with Crippen LogP contribution in [-0.4, -0.2) is 54.4 Å². The molecule has 0 radical (unpaired) electrons. The lowest BCUT2D eigenvalue weighted by molar-refractivity contribution is -0.142. The van der Waals surface area contributed by atoms with Crippen molar-refractivity contribution >= 4 is 12.0 Å². The number of amides is 2. The highest BCUT2D eigenvalue weighted by Gasteiger charge is 2.39. The molecular formula is C13H20N2O4. The van der Waals surface area contributed by atoms with Gasteiger partial charge in [-0.05, 0) is 13.3 Å². The van der Waals surface area contributed by atoms with Crippen molar-refractivity contribution in [3.63, 3.8) is 0 Å². The molecule has 6 heteroatoms. The molecule has 0 aromatic carbocycles. The summed E-state index contributed by atoms with van der Waals surface area (Å²) in [6, 6.07) is -0.696. The second kappa shape index (κ2) is 7.64. The summed E-state index contributed by atoms with van der Waals surface area (Å²) in [6.45, 7) is 4.83. The third-order valence-electron chi connectivity index (χ3n) is 3.00. The van der Waals surface area contributed by atoms with Gasteiger partial charge in [0.1, 0.15) is 5.92 Å². The van der Waals surface area contributed by atoms with E-state index >= 15 is 0 Å². The normalized spacial score (nSPS) is 21.4. The zero-order chi connectivity index (χ0) is 14.3. The van der Waals surface area contributed by atoms with Crippen LogP contribution in [0, 0.1) is 17.8 Å². The molecule has 0 bridgehead atoms. The van der Waals surface area contributed by atoms with Gasteiger partial charge in [-0.3, -0.25) is 4.79 Å². The maximum Gasteiger partial charge on any atom is 0.318 e. The predicted molar refractivity (Wildman–Crippen MR) is 69.6 cm³/mol. The Kier molecular flexibility index (Phi) is 6.16. The fraction of sp³-hybridized carbons (Fsp3) is 0.692. The second-order valence-corrected chi connectivity index (χ2v) is 4.33. The van der Waals surface area contributed by atoms with E-state index in [2.05, 4.69) is 17.2 Å². The highest BCUT2D eigenvalue weighted by molar-refractivity contribution is 5.77. The van der Waals surface area contributed by atoms with Gasteiger partial charge >= 0.3 is 12.0 Å². The standard InChI is InChI=1S/C13H20N2O4/c1-3-5-6-14-13(18)15(7-4-2)11-9-19-8-10(11)12(16)17/h10-11H,4,6-9H2,1-2H3,(H,14,18)(H,16,17). The van der Waals surface area contributed by atoms with E-state index in [1.165, 1.54) is 0 Å². The molecule has 106 valence electrons. The average molecular weight is 268 g/mol. The van der Waals surface area contributed by atoms with Crippen LogP contribution in [0.3, 0.4) is 0 Å². The smallest absolute Gasteiger partial charge is 0.318 e. The number of hydrogen-bond acceptors (Lipinski definition) is 3. The number of nitrogens with zero attached hydrogens (tertiary/aromatic N) is 1. The first-order valence-corrected chi connectivity index (χ1v) is 6.36. The van der Waals surface area contributed by atoms with E-state index in [0.29, 0.717) is 6.54 Å². The quantitative estimate of drug-likeness (QED) is 0.713. The zero-order valence-electron chi connectivity index (χ0n) is 11.3. The van der Waals surface area contributed by atoms with Crippen LogP contribution in [0.2, 0.25) is 0 Å². The van der Waals surface area contributed by atoms with Gasteiger partial charge in [0.2, 0.25) is 0 Å². The Morgan fingerprint density at radius 1 is 1.47 bits per heavy atom. The summed E-state index contributed by atoms with van der Waals surface area (Å²) < 4.78 is 5.20. The van der Waals surface area contributed by atoms with E-state index in [0.717, 1.165) is 6.42 Å². The third kappa shape index (κ3) is 4.14. The van der Waals surface area contributed by atoms with Gasteiger partial charge in [0.05, 0.1) is 25.8 Å². The Balaban J connectivity index is 2.71. The summed E-state index contributed by atoms with van der Waals surface area (Å²) in [5.41, 5.74) is 0. The SMILES string of the molecule is CC#CCNC(=O)N(CCC)C1COCC1C(=O)O. The van der Waals surface area contributed by atoms with Crippen LogP contribution in [0.4, 0.5) is 4.79 Å². The molecular weight excluding hydrogens is 248 g/mol. The number of carboxylic acids is 1. The molecule has 0 saturated carbocycles. The van der Waals surface area contributed by atoms with Crippen molar-refractivity contribution in [3.05, 3.63) is 0 Å². The first kappa shape index (κ1) is 15.3. The van der Waals surface area contributed by atoms with Crippen LogP contribution >= 0.6 is 0 Å². The molecule has 0 spiro atoms. The Morgan fingerprint density at radius 3 is 2.79 bits per heavy atom. The fourth-order valence-corrected chi connectivity index (χ4v) is 2.05. The van der Waals surface area contributed by atoms with Crippen LogP contribution < -0.4 is 5.32 Å². The van der Waals surface area contributed by atoms with E-state index in [1.807, 2.05) is 6.92 Å². The van der Waals surface area contributed by atoms with Crippen LogP contribution in [0.1, 0.15) is 20.3 Å². The lowest BCUT2D eigenvalue weighted by atomic mass is 10.0. The van der Waals surface area contributed by atoms with Crippen molar-refractivity contribution in [1.29, 1.82) is 0 Å². The van der Waals surface area contributed by atoms with Crippen LogP contribution in [0.25, 0.3) is 0 Å². The summed E-state index contributed by atoms with van der Waals surface area (Å²) in [5, 5.41) is 11.8. The minimum absolute atomic E-state index is 0.155. The number of nitrogens with one attached hydrogen (secondary N) is 1. The summed E-state index contributed by atoms with van der Waals surface area (Å²) in [5.74, 6) is 3.85. The molecule has 1 fully saturated rings. The Hall–Kier alpha value is -1.74. The number of carbonyl (C=O) groups is 2. The van der Waals surface area contributed by atoms with Crippen molar-refractivity contribution in [3.8, 4) is 11.8 Å². The van der Waals surface area contributed by atoms with E-state index in [4.69, 9.17) is 9.84 Å². The fourth-order valence-electron chi connectivity index (χ4n) is 2.05. The van der Waals surface area contributed by atoms with Crippen molar-refractivity contribution < 1.29 is 19.4 Å². The van der Waals surface area contributed by atoms with Crippen molar-refractivity contribution in [2.45, 2.75) is 26.3 Å². The lowest BCUT2D eigenvalue weighted by Crippen LogP contribution is -2.51. The highest BCUT2D eigenvalue weighted by Crippen LogP contribution is 2.20. The van der Waals surface area contributed by atoms with Gasteiger partial charge in [-0.25, -0.2) is 4.79 Å². The molecule has 1 rings (SSSR count). The molecule has 0 aromatic rings. The van der Waals surface area contributed by atoms with Gasteiger partial charge in [0.15, 0.2) is 0 Å².